The Morgan fingerprint density at radius 2 is 1.40 bits per heavy atom. The van der Waals surface area contributed by atoms with Crippen molar-refractivity contribution >= 4 is 59.1 Å². The highest BCUT2D eigenvalue weighted by Gasteiger charge is 2.45. The SMILES string of the molecule is CC(C)C[C@@H]1NC(=O)[C@H](C(C)C)OC(=O)C[C@H](O)[C@H](C(C)C)NC(=O)[C@H](NC(=O)[C@@H](CC(C)C)N(C)C(=O)[C@@H]2CCCN2C(=O)[C@@H](C)O)[C@H](C)OC(=O)[C@H](Cc2ccc(C(=O)c3ccccc3)cc2)N(C)C(=O)[C@@H]2CCCN2C1=O. The molecule has 2 aromatic rings. The maximum atomic E-state index is 15.0. The normalized spacial score (nSPS) is 25.8. The fraction of sp³-hybridized carbons (Fsp3) is 0.627. The first-order valence-corrected chi connectivity index (χ1v) is 28.1. The summed E-state index contributed by atoms with van der Waals surface area (Å²) in [6.07, 6.45) is -5.29. The number of benzene rings is 2. The summed E-state index contributed by atoms with van der Waals surface area (Å²) >= 11 is 0. The third-order valence-electron chi connectivity index (χ3n) is 15.2. The molecule has 0 bridgehead atoms. The smallest absolute Gasteiger partial charge is 0.329 e. The molecule has 7 amide bonds. The number of aliphatic hydroxyl groups excluding tert-OH is 2. The molecule has 3 saturated heterocycles. The molecule has 5 rings (SSSR count). The van der Waals surface area contributed by atoms with Crippen molar-refractivity contribution in [3.63, 3.8) is 0 Å². The maximum absolute atomic E-state index is 15.0. The molecule has 2 aromatic carbocycles. The van der Waals surface area contributed by atoms with Crippen molar-refractivity contribution < 1.29 is 67.6 Å². The molecule has 5 N–H and O–H groups in total. The summed E-state index contributed by atoms with van der Waals surface area (Å²) in [6, 6.07) is 6.19. The molecule has 0 radical (unpaired) electrons. The Morgan fingerprint density at radius 1 is 0.775 bits per heavy atom. The first-order valence-electron chi connectivity index (χ1n) is 28.1. The van der Waals surface area contributed by atoms with Crippen LogP contribution in [0, 0.1) is 23.7 Å². The van der Waals surface area contributed by atoms with Crippen molar-refractivity contribution in [3.05, 3.63) is 71.3 Å². The minimum atomic E-state index is -1.77. The number of hydrogen-bond acceptors (Lipinski definition) is 14. The Hall–Kier alpha value is -6.74. The number of cyclic esters (lactones) is 2. The largest absolute Gasteiger partial charge is 0.458 e. The average molecular weight is 1120 g/mol. The molecule has 80 heavy (non-hydrogen) atoms. The molecule has 0 spiro atoms. The van der Waals surface area contributed by atoms with Gasteiger partial charge in [-0.2, -0.15) is 0 Å². The first kappa shape index (κ1) is 64.1. The summed E-state index contributed by atoms with van der Waals surface area (Å²) in [4.78, 5) is 148. The predicted molar refractivity (Wildman–Crippen MR) is 295 cm³/mol. The van der Waals surface area contributed by atoms with Gasteiger partial charge >= 0.3 is 11.9 Å². The van der Waals surface area contributed by atoms with Crippen molar-refractivity contribution in [1.82, 2.24) is 35.6 Å². The number of likely N-dealkylation sites (tertiary alicyclic amines) is 1. The third kappa shape index (κ3) is 16.2. The fourth-order valence-corrected chi connectivity index (χ4v) is 10.7. The minimum absolute atomic E-state index is 0.0715. The third-order valence-corrected chi connectivity index (χ3v) is 15.2. The zero-order valence-corrected chi connectivity index (χ0v) is 48.5. The van der Waals surface area contributed by atoms with Crippen LogP contribution in [0.5, 0.6) is 0 Å². The highest BCUT2D eigenvalue weighted by Crippen LogP contribution is 2.27. The molecule has 3 heterocycles. The van der Waals surface area contributed by atoms with Gasteiger partial charge in [0.1, 0.15) is 48.5 Å². The van der Waals surface area contributed by atoms with Crippen LogP contribution in [0.3, 0.4) is 0 Å². The second kappa shape index (κ2) is 28.6. The van der Waals surface area contributed by atoms with Crippen molar-refractivity contribution in [3.8, 4) is 0 Å². The van der Waals surface area contributed by atoms with Crippen molar-refractivity contribution in [2.24, 2.45) is 23.7 Å². The number of amides is 7. The lowest BCUT2D eigenvalue weighted by molar-refractivity contribution is -0.162. The molecule has 0 unspecified atom stereocenters. The lowest BCUT2D eigenvalue weighted by atomic mass is 9.95. The Labute approximate surface area is 470 Å². The van der Waals surface area contributed by atoms with E-state index in [1.165, 1.54) is 47.5 Å². The molecule has 3 aliphatic heterocycles. The van der Waals surface area contributed by atoms with E-state index in [0.29, 0.717) is 29.5 Å². The topological polar surface area (TPSA) is 279 Å². The first-order chi connectivity index (χ1) is 37.6. The Bertz CT molecular complexity index is 2540. The zero-order chi connectivity index (χ0) is 59.4. The monoisotopic (exact) mass is 1120 g/mol. The molecule has 0 aliphatic carbocycles. The van der Waals surface area contributed by atoms with Gasteiger partial charge in [-0.05, 0) is 81.6 Å². The van der Waals surface area contributed by atoms with E-state index < -0.39 is 138 Å². The number of rotatable bonds is 15. The number of esters is 2. The number of fused-ring (bicyclic) bond motifs is 1. The van der Waals surface area contributed by atoms with Crippen LogP contribution >= 0.6 is 0 Å². The predicted octanol–water partition coefficient (Wildman–Crippen LogP) is 2.94. The van der Waals surface area contributed by atoms with Crippen LogP contribution in [0.1, 0.15) is 136 Å². The van der Waals surface area contributed by atoms with E-state index in [1.807, 2.05) is 27.7 Å². The second-order valence-corrected chi connectivity index (χ2v) is 23.2. The summed E-state index contributed by atoms with van der Waals surface area (Å²) in [5.41, 5.74) is 1.32. The highest BCUT2D eigenvalue weighted by molar-refractivity contribution is 6.09. The summed E-state index contributed by atoms with van der Waals surface area (Å²) < 4.78 is 11.9. The van der Waals surface area contributed by atoms with E-state index in [1.54, 1.807) is 82.3 Å². The molecular weight excluding hydrogens is 1030 g/mol. The van der Waals surface area contributed by atoms with Gasteiger partial charge < -0.3 is 55.2 Å². The van der Waals surface area contributed by atoms with Crippen LogP contribution in [0.15, 0.2) is 54.6 Å². The molecule has 0 aromatic heterocycles. The highest BCUT2D eigenvalue weighted by atomic mass is 16.6. The van der Waals surface area contributed by atoms with Gasteiger partial charge in [-0.1, -0.05) is 110 Å². The molecule has 11 atom stereocenters. The number of carbonyl (C=O) groups excluding carboxylic acids is 10. The van der Waals surface area contributed by atoms with Gasteiger partial charge in [-0.25, -0.2) is 4.79 Å². The standard InChI is InChI=1S/C59H85N7O14/c1-32(2)28-41-56(75)66-27-17-21-43(66)58(77)64(12)45(30-38-22-24-40(25-23-38)50(70)39-18-14-13-15-19-39)59(78)79-37(10)49(53(72)61-48(34(5)6)46(68)31-47(69)80-51(35(7)8)54(73)60-41)62-52(71)44(29-33(3)4)63(11)57(76)42-20-16-26-65(42)55(74)36(9)67/h13-15,18-19,22-25,32-37,41-46,48-49,51,67-68H,16-17,20-21,26-31H2,1-12H3,(H,60,73)(H,61,72)(H,62,71)/t36-,37+,41+,42+,43+,44-,45+,46+,48+,49-,51+/m1/s1. The Kier molecular flexibility index (Phi) is 22.9. The van der Waals surface area contributed by atoms with Gasteiger partial charge in [0.05, 0.1) is 18.6 Å². The number of aliphatic hydroxyl groups is 2. The van der Waals surface area contributed by atoms with Gasteiger partial charge in [0.2, 0.25) is 29.5 Å². The number of likely N-dealkylation sites (N-methyl/N-ethyl adjacent to an activating group) is 2. The second-order valence-electron chi connectivity index (χ2n) is 23.2. The number of nitrogens with zero attached hydrogens (tertiary/aromatic N) is 4. The van der Waals surface area contributed by atoms with E-state index in [0.717, 1.165) is 0 Å². The Morgan fingerprint density at radius 3 is 1.99 bits per heavy atom. The lowest BCUT2D eigenvalue weighted by Crippen LogP contribution is -2.62. The number of ether oxygens (including phenoxy) is 2. The van der Waals surface area contributed by atoms with Crippen LogP contribution < -0.4 is 16.0 Å². The van der Waals surface area contributed by atoms with Crippen LogP contribution in [0.2, 0.25) is 0 Å². The van der Waals surface area contributed by atoms with E-state index in [-0.39, 0.29) is 62.8 Å². The van der Waals surface area contributed by atoms with Crippen molar-refractivity contribution in [1.29, 1.82) is 0 Å². The number of ketones is 1. The Balaban J connectivity index is 1.61. The number of nitrogens with one attached hydrogen (secondary N) is 3. The summed E-state index contributed by atoms with van der Waals surface area (Å²) in [6.45, 7) is 17.0. The molecule has 21 nitrogen and oxygen atoms in total. The summed E-state index contributed by atoms with van der Waals surface area (Å²) in [5, 5.41) is 30.1. The van der Waals surface area contributed by atoms with Gasteiger partial charge in [0, 0.05) is 44.7 Å². The van der Waals surface area contributed by atoms with Gasteiger partial charge in [0.25, 0.3) is 11.8 Å². The number of carbonyl (C=O) groups is 10. The molecule has 21 heteroatoms. The van der Waals surface area contributed by atoms with Crippen LogP contribution in [-0.4, -0.2) is 183 Å². The minimum Gasteiger partial charge on any atom is -0.458 e. The van der Waals surface area contributed by atoms with Crippen LogP contribution in [-0.2, 0) is 59.0 Å². The van der Waals surface area contributed by atoms with Gasteiger partial charge in [0.15, 0.2) is 11.9 Å². The molecular formula is C59H85N7O14. The van der Waals surface area contributed by atoms with E-state index >= 15 is 4.79 Å². The van der Waals surface area contributed by atoms with E-state index in [2.05, 4.69) is 16.0 Å². The number of hydrogen-bond donors (Lipinski definition) is 5. The summed E-state index contributed by atoms with van der Waals surface area (Å²) in [5.74, 6) is -8.78. The van der Waals surface area contributed by atoms with Gasteiger partial charge in [-0.3, -0.25) is 43.2 Å². The molecule has 3 aliphatic rings. The fourth-order valence-electron chi connectivity index (χ4n) is 10.7. The van der Waals surface area contributed by atoms with Gasteiger partial charge in [-0.15, -0.1) is 0 Å². The van der Waals surface area contributed by atoms with Crippen LogP contribution in [0.4, 0.5) is 0 Å². The quantitative estimate of drug-likeness (QED) is 0.127. The summed E-state index contributed by atoms with van der Waals surface area (Å²) in [7, 11) is 2.79. The van der Waals surface area contributed by atoms with Crippen LogP contribution in [0.25, 0.3) is 0 Å². The van der Waals surface area contributed by atoms with E-state index in [4.69, 9.17) is 9.47 Å². The maximum Gasteiger partial charge on any atom is 0.329 e. The average Bonchev–Trinajstić information content (AvgIpc) is 4.11. The molecule has 0 saturated carbocycles. The van der Waals surface area contributed by atoms with Crippen molar-refractivity contribution in [2.75, 3.05) is 27.2 Å². The molecule has 440 valence electrons. The molecule has 3 fully saturated rings. The zero-order valence-electron chi connectivity index (χ0n) is 48.5. The lowest BCUT2D eigenvalue weighted by Gasteiger charge is -2.36. The van der Waals surface area contributed by atoms with E-state index in [9.17, 15) is 53.4 Å². The van der Waals surface area contributed by atoms with Crippen molar-refractivity contribution in [2.45, 2.75) is 187 Å².